The number of ether oxygens (including phenoxy) is 2. The Balaban J connectivity index is 2.41. The molecule has 0 saturated heterocycles. The summed E-state index contributed by atoms with van der Waals surface area (Å²) in [6.07, 6.45) is 1.46. The molecule has 0 aliphatic carbocycles. The van der Waals surface area contributed by atoms with Gasteiger partial charge in [-0.05, 0) is 37.6 Å². The van der Waals surface area contributed by atoms with E-state index in [1.54, 1.807) is 38.1 Å². The van der Waals surface area contributed by atoms with Gasteiger partial charge in [0, 0.05) is 17.3 Å². The second-order valence-electron chi connectivity index (χ2n) is 5.51. The molecule has 1 atom stereocenters. The number of anilines is 1. The molecule has 27 heavy (non-hydrogen) atoms. The van der Waals surface area contributed by atoms with Crippen molar-refractivity contribution in [2.45, 2.75) is 19.9 Å². The number of halogens is 1. The minimum atomic E-state index is -1.33. The molecule has 4 N–H and O–H groups in total. The molecule has 144 valence electrons. The number of nitrogens with zero attached hydrogens (tertiary/aromatic N) is 1. The van der Waals surface area contributed by atoms with Gasteiger partial charge in [-0.2, -0.15) is 5.10 Å². The largest absolute Gasteiger partial charge is 0.494 e. The van der Waals surface area contributed by atoms with Crippen LogP contribution in [0, 0.1) is 5.82 Å². The standard InChI is InChI=1S/C19H22FN3O4/c1-3-26-14-9-15(17(20)16(10-14)27-4-2)18(19(24)25)23-13-7-5-12(6-8-13)11-22-21/h5-11,18,23H,3-4,21H2,1-2H3,(H,24,25). The summed E-state index contributed by atoms with van der Waals surface area (Å²) in [5.41, 5.74) is 1.17. The van der Waals surface area contributed by atoms with E-state index < -0.39 is 17.8 Å². The highest BCUT2D eigenvalue weighted by Crippen LogP contribution is 2.33. The first-order chi connectivity index (χ1) is 13.0. The van der Waals surface area contributed by atoms with Crippen molar-refractivity contribution < 1.29 is 23.8 Å². The van der Waals surface area contributed by atoms with Gasteiger partial charge in [0.2, 0.25) is 0 Å². The minimum Gasteiger partial charge on any atom is -0.494 e. The predicted octanol–water partition coefficient (Wildman–Crippen LogP) is 3.15. The van der Waals surface area contributed by atoms with Crippen molar-refractivity contribution in [2.24, 2.45) is 10.9 Å². The van der Waals surface area contributed by atoms with Crippen LogP contribution < -0.4 is 20.6 Å². The van der Waals surface area contributed by atoms with E-state index in [1.807, 2.05) is 0 Å². The molecular weight excluding hydrogens is 353 g/mol. The number of nitrogens with two attached hydrogens (primary N) is 1. The molecule has 0 heterocycles. The van der Waals surface area contributed by atoms with Crippen LogP contribution in [0.3, 0.4) is 0 Å². The number of rotatable bonds is 9. The molecule has 0 bridgehead atoms. The molecule has 0 spiro atoms. The molecule has 7 nitrogen and oxygen atoms in total. The summed E-state index contributed by atoms with van der Waals surface area (Å²) in [7, 11) is 0. The fourth-order valence-corrected chi connectivity index (χ4v) is 2.50. The van der Waals surface area contributed by atoms with Crippen molar-refractivity contribution in [1.29, 1.82) is 0 Å². The van der Waals surface area contributed by atoms with Gasteiger partial charge in [-0.1, -0.05) is 12.1 Å². The van der Waals surface area contributed by atoms with Crippen molar-refractivity contribution in [3.05, 3.63) is 53.3 Å². The lowest BCUT2D eigenvalue weighted by Gasteiger charge is -2.19. The molecule has 2 rings (SSSR count). The highest BCUT2D eigenvalue weighted by atomic mass is 19.1. The lowest BCUT2D eigenvalue weighted by atomic mass is 10.0. The van der Waals surface area contributed by atoms with Crippen LogP contribution in [-0.4, -0.2) is 30.5 Å². The van der Waals surface area contributed by atoms with Gasteiger partial charge in [-0.25, -0.2) is 9.18 Å². The number of hydrogen-bond acceptors (Lipinski definition) is 6. The highest BCUT2D eigenvalue weighted by molar-refractivity contribution is 5.82. The lowest BCUT2D eigenvalue weighted by Crippen LogP contribution is -2.22. The summed E-state index contributed by atoms with van der Waals surface area (Å²) >= 11 is 0. The molecule has 2 aromatic rings. The van der Waals surface area contributed by atoms with Crippen LogP contribution in [0.2, 0.25) is 0 Å². The Morgan fingerprint density at radius 2 is 1.93 bits per heavy atom. The highest BCUT2D eigenvalue weighted by Gasteiger charge is 2.26. The van der Waals surface area contributed by atoms with Gasteiger partial charge >= 0.3 is 5.97 Å². The van der Waals surface area contributed by atoms with Crippen molar-refractivity contribution >= 4 is 17.9 Å². The van der Waals surface area contributed by atoms with Gasteiger partial charge in [-0.3, -0.25) is 0 Å². The molecule has 0 fully saturated rings. The van der Waals surface area contributed by atoms with Crippen LogP contribution >= 0.6 is 0 Å². The van der Waals surface area contributed by atoms with E-state index in [1.165, 1.54) is 18.3 Å². The van der Waals surface area contributed by atoms with E-state index in [2.05, 4.69) is 10.4 Å². The third kappa shape index (κ3) is 5.10. The lowest BCUT2D eigenvalue weighted by molar-refractivity contribution is -0.138. The average Bonchev–Trinajstić information content (AvgIpc) is 2.64. The van der Waals surface area contributed by atoms with Crippen LogP contribution in [0.15, 0.2) is 41.5 Å². The number of carboxylic acid groups (broad SMARTS) is 1. The maximum atomic E-state index is 14.8. The zero-order valence-electron chi connectivity index (χ0n) is 15.1. The summed E-state index contributed by atoms with van der Waals surface area (Å²) < 4.78 is 25.5. The van der Waals surface area contributed by atoms with Crippen LogP contribution in [0.25, 0.3) is 0 Å². The van der Waals surface area contributed by atoms with Crippen molar-refractivity contribution in [1.82, 2.24) is 0 Å². The molecule has 0 aliphatic rings. The number of benzene rings is 2. The molecule has 0 amide bonds. The van der Waals surface area contributed by atoms with E-state index in [0.29, 0.717) is 18.0 Å². The summed E-state index contributed by atoms with van der Waals surface area (Å²) in [5.74, 6) is 3.40. The number of nitrogens with one attached hydrogen (secondary N) is 1. The Hall–Kier alpha value is -3.29. The number of hydrazone groups is 1. The predicted molar refractivity (Wildman–Crippen MR) is 101 cm³/mol. The van der Waals surface area contributed by atoms with Crippen molar-refractivity contribution in [3.63, 3.8) is 0 Å². The summed E-state index contributed by atoms with van der Waals surface area (Å²) in [6, 6.07) is 8.15. The smallest absolute Gasteiger partial charge is 0.330 e. The van der Waals surface area contributed by atoms with Crippen molar-refractivity contribution in [2.75, 3.05) is 18.5 Å². The molecule has 0 aromatic heterocycles. The third-order valence-corrected chi connectivity index (χ3v) is 3.65. The summed E-state index contributed by atoms with van der Waals surface area (Å²) in [6.45, 7) is 4.08. The van der Waals surface area contributed by atoms with E-state index in [0.717, 1.165) is 5.56 Å². The monoisotopic (exact) mass is 375 g/mol. The maximum Gasteiger partial charge on any atom is 0.330 e. The fraction of sp³-hybridized carbons (Fsp3) is 0.263. The molecule has 2 aromatic carbocycles. The van der Waals surface area contributed by atoms with E-state index >= 15 is 0 Å². The first-order valence-corrected chi connectivity index (χ1v) is 8.41. The van der Waals surface area contributed by atoms with Crippen LogP contribution in [0.1, 0.15) is 31.0 Å². The number of hydrogen-bond donors (Lipinski definition) is 3. The zero-order valence-corrected chi connectivity index (χ0v) is 15.1. The van der Waals surface area contributed by atoms with Gasteiger partial charge < -0.3 is 25.7 Å². The third-order valence-electron chi connectivity index (χ3n) is 3.65. The van der Waals surface area contributed by atoms with Gasteiger partial charge in [0.1, 0.15) is 5.75 Å². The minimum absolute atomic E-state index is 0.0546. The second-order valence-corrected chi connectivity index (χ2v) is 5.51. The molecule has 8 heteroatoms. The van der Waals surface area contributed by atoms with Crippen molar-refractivity contribution in [3.8, 4) is 11.5 Å². The van der Waals surface area contributed by atoms with E-state index in [-0.39, 0.29) is 17.9 Å². The van der Waals surface area contributed by atoms with Crippen LogP contribution in [0.5, 0.6) is 11.5 Å². The zero-order chi connectivity index (χ0) is 19.8. The Morgan fingerprint density at radius 1 is 1.26 bits per heavy atom. The first kappa shape index (κ1) is 20.0. The quantitative estimate of drug-likeness (QED) is 0.353. The topological polar surface area (TPSA) is 106 Å². The van der Waals surface area contributed by atoms with Gasteiger partial charge in [0.15, 0.2) is 17.6 Å². The van der Waals surface area contributed by atoms with E-state index in [9.17, 15) is 14.3 Å². The van der Waals surface area contributed by atoms with Gasteiger partial charge in [0.25, 0.3) is 0 Å². The van der Waals surface area contributed by atoms with Gasteiger partial charge in [-0.15, -0.1) is 0 Å². The number of carboxylic acids is 1. The molecule has 0 aliphatic heterocycles. The number of aliphatic carboxylic acids is 1. The normalized spacial score (nSPS) is 12.0. The van der Waals surface area contributed by atoms with Crippen LogP contribution in [-0.2, 0) is 4.79 Å². The Bertz CT molecular complexity index is 809. The molecule has 0 saturated carbocycles. The Kier molecular flexibility index (Phi) is 6.99. The fourth-order valence-electron chi connectivity index (χ4n) is 2.50. The molecule has 1 unspecified atom stereocenters. The maximum absolute atomic E-state index is 14.8. The molecular formula is C19H22FN3O4. The number of carbonyl (C=O) groups is 1. The second kappa shape index (κ2) is 9.42. The van der Waals surface area contributed by atoms with Gasteiger partial charge in [0.05, 0.1) is 19.4 Å². The van der Waals surface area contributed by atoms with E-state index in [4.69, 9.17) is 15.3 Å². The Labute approximate surface area is 156 Å². The van der Waals surface area contributed by atoms with Crippen LogP contribution in [0.4, 0.5) is 10.1 Å². The summed E-state index contributed by atoms with van der Waals surface area (Å²) in [4.78, 5) is 11.8. The summed E-state index contributed by atoms with van der Waals surface area (Å²) in [5, 5.41) is 15.9. The average molecular weight is 375 g/mol. The first-order valence-electron chi connectivity index (χ1n) is 8.41. The SMILES string of the molecule is CCOc1cc(OCC)c(F)c(C(Nc2ccc(C=NN)cc2)C(=O)O)c1. The molecule has 0 radical (unpaired) electrons. The Morgan fingerprint density at radius 3 is 2.48 bits per heavy atom.